The van der Waals surface area contributed by atoms with Gasteiger partial charge in [-0.1, -0.05) is 23.7 Å². The van der Waals surface area contributed by atoms with Gasteiger partial charge in [-0.3, -0.25) is 9.20 Å². The third kappa shape index (κ3) is 3.45. The summed E-state index contributed by atoms with van der Waals surface area (Å²) < 4.78 is 1.66. The van der Waals surface area contributed by atoms with Crippen molar-refractivity contribution in [2.75, 3.05) is 31.1 Å². The summed E-state index contributed by atoms with van der Waals surface area (Å²) in [5.74, 6) is 0. The van der Waals surface area contributed by atoms with Crippen LogP contribution in [-0.2, 0) is 6.54 Å². The van der Waals surface area contributed by atoms with Gasteiger partial charge in [0.15, 0.2) is 0 Å². The molecule has 0 atom stereocenters. The zero-order chi connectivity index (χ0) is 18.1. The van der Waals surface area contributed by atoms with Gasteiger partial charge in [-0.15, -0.1) is 0 Å². The molecule has 2 aromatic heterocycles. The molecule has 1 N–H and O–H groups in total. The summed E-state index contributed by atoms with van der Waals surface area (Å²) in [7, 11) is 0. The van der Waals surface area contributed by atoms with E-state index in [2.05, 4.69) is 11.0 Å². The first-order valence-corrected chi connectivity index (χ1v) is 9.30. The summed E-state index contributed by atoms with van der Waals surface area (Å²) in [6, 6.07) is 15.4. The molecule has 1 aromatic carbocycles. The molecule has 0 amide bonds. The van der Waals surface area contributed by atoms with E-state index in [0.29, 0.717) is 0 Å². The van der Waals surface area contributed by atoms with Crippen molar-refractivity contribution in [3.63, 3.8) is 0 Å². The molecule has 1 aliphatic heterocycles. The monoisotopic (exact) mass is 369 g/mol. The van der Waals surface area contributed by atoms with Gasteiger partial charge < -0.3 is 9.80 Å². The molecule has 0 spiro atoms. The Labute approximate surface area is 157 Å². The second-order valence-electron chi connectivity index (χ2n) is 6.84. The summed E-state index contributed by atoms with van der Waals surface area (Å²) >= 11 is 6.10. The zero-order valence-electron chi connectivity index (χ0n) is 14.8. The van der Waals surface area contributed by atoms with Crippen molar-refractivity contribution in [1.82, 2.24) is 9.38 Å². The molecule has 3 aromatic rings. The highest BCUT2D eigenvalue weighted by Gasteiger charge is 2.21. The fraction of sp³-hybridized carbons (Fsp3) is 0.300. The van der Waals surface area contributed by atoms with Gasteiger partial charge in [0.05, 0.1) is 26.2 Å². The molecule has 0 bridgehead atoms. The average Bonchev–Trinajstić information content (AvgIpc) is 2.62. The van der Waals surface area contributed by atoms with Crippen LogP contribution in [-0.4, -0.2) is 35.6 Å². The number of piperazine rings is 1. The van der Waals surface area contributed by atoms with Crippen LogP contribution in [0.2, 0.25) is 5.02 Å². The number of pyridine rings is 1. The summed E-state index contributed by atoms with van der Waals surface area (Å²) in [6.07, 6.45) is 0. The predicted molar refractivity (Wildman–Crippen MR) is 104 cm³/mol. The smallest absolute Gasteiger partial charge is 0.258 e. The van der Waals surface area contributed by atoms with Crippen LogP contribution in [0.3, 0.4) is 0 Å². The number of hydrogen-bond donors (Lipinski definition) is 1. The number of nitrogens with zero attached hydrogens (tertiary/aromatic N) is 3. The summed E-state index contributed by atoms with van der Waals surface area (Å²) in [5.41, 5.74) is 3.68. The molecule has 134 valence electrons. The minimum absolute atomic E-state index is 0.0000587. The van der Waals surface area contributed by atoms with Gasteiger partial charge in [-0.05, 0) is 37.3 Å². The van der Waals surface area contributed by atoms with Gasteiger partial charge in [0.25, 0.3) is 5.56 Å². The Morgan fingerprint density at radius 2 is 1.88 bits per heavy atom. The lowest BCUT2D eigenvalue weighted by Crippen LogP contribution is -3.13. The molecular formula is C20H22ClN4O+. The number of hydrogen-bond acceptors (Lipinski definition) is 3. The molecule has 6 heteroatoms. The van der Waals surface area contributed by atoms with E-state index in [1.54, 1.807) is 10.5 Å². The number of fused-ring (bicyclic) bond motifs is 1. The van der Waals surface area contributed by atoms with E-state index in [4.69, 9.17) is 16.6 Å². The fourth-order valence-corrected chi connectivity index (χ4v) is 3.83. The number of anilines is 1. The molecule has 1 aliphatic rings. The predicted octanol–water partition coefficient (Wildman–Crippen LogP) is 1.56. The lowest BCUT2D eigenvalue weighted by molar-refractivity contribution is -0.914. The number of benzene rings is 1. The lowest BCUT2D eigenvalue weighted by Gasteiger charge is -2.33. The van der Waals surface area contributed by atoms with Crippen LogP contribution in [0.15, 0.2) is 53.3 Å². The number of rotatable bonds is 3. The Kier molecular flexibility index (Phi) is 4.66. The number of aryl methyl sites for hydroxylation is 1. The van der Waals surface area contributed by atoms with Crippen molar-refractivity contribution in [2.24, 2.45) is 0 Å². The topological polar surface area (TPSA) is 42.0 Å². The molecule has 1 saturated heterocycles. The average molecular weight is 370 g/mol. The normalized spacial score (nSPS) is 15.5. The van der Waals surface area contributed by atoms with Gasteiger partial charge in [0.2, 0.25) is 0 Å². The summed E-state index contributed by atoms with van der Waals surface area (Å²) in [5, 5.41) is 0.772. The standard InChI is InChI=1S/C20H21ClN4O/c1-15-4-2-7-19-22-17(13-20(26)25(15)19)14-23-8-10-24(11-9-23)18-6-3-5-16(21)12-18/h2-7,12-13H,8-11,14H2,1H3/p+1. The molecular weight excluding hydrogens is 348 g/mol. The largest absolute Gasteiger partial charge is 0.360 e. The Morgan fingerprint density at radius 1 is 1.12 bits per heavy atom. The molecule has 26 heavy (non-hydrogen) atoms. The lowest BCUT2D eigenvalue weighted by atomic mass is 10.2. The van der Waals surface area contributed by atoms with Crippen LogP contribution in [0.5, 0.6) is 0 Å². The van der Waals surface area contributed by atoms with Gasteiger partial charge in [0.1, 0.15) is 17.9 Å². The Morgan fingerprint density at radius 3 is 2.65 bits per heavy atom. The number of aromatic nitrogens is 2. The summed E-state index contributed by atoms with van der Waals surface area (Å²) in [6.45, 7) is 6.69. The Balaban J connectivity index is 1.46. The van der Waals surface area contributed by atoms with Crippen molar-refractivity contribution in [3.05, 3.63) is 75.3 Å². The van der Waals surface area contributed by atoms with Crippen LogP contribution in [0, 0.1) is 6.92 Å². The fourth-order valence-electron chi connectivity index (χ4n) is 3.64. The number of quaternary nitrogens is 1. The quantitative estimate of drug-likeness (QED) is 0.762. The summed E-state index contributed by atoms with van der Waals surface area (Å²) in [4.78, 5) is 20.9. The highest BCUT2D eigenvalue weighted by molar-refractivity contribution is 6.30. The van der Waals surface area contributed by atoms with E-state index in [1.807, 2.05) is 43.3 Å². The highest BCUT2D eigenvalue weighted by Crippen LogP contribution is 2.19. The zero-order valence-corrected chi connectivity index (χ0v) is 15.5. The van der Waals surface area contributed by atoms with Crippen molar-refractivity contribution < 1.29 is 4.90 Å². The van der Waals surface area contributed by atoms with Gasteiger partial charge in [0, 0.05) is 22.5 Å². The van der Waals surface area contributed by atoms with E-state index < -0.39 is 0 Å². The molecule has 1 fully saturated rings. The van der Waals surface area contributed by atoms with Crippen LogP contribution >= 0.6 is 11.6 Å². The molecule has 0 unspecified atom stereocenters. The molecule has 0 aliphatic carbocycles. The highest BCUT2D eigenvalue weighted by atomic mass is 35.5. The van der Waals surface area contributed by atoms with Crippen LogP contribution < -0.4 is 15.4 Å². The second kappa shape index (κ2) is 7.09. The first kappa shape index (κ1) is 17.1. The van der Waals surface area contributed by atoms with Crippen molar-refractivity contribution in [3.8, 4) is 0 Å². The number of nitrogens with one attached hydrogen (secondary N) is 1. The Bertz CT molecular complexity index is 993. The third-order valence-corrected chi connectivity index (χ3v) is 5.24. The molecule has 3 heterocycles. The second-order valence-corrected chi connectivity index (χ2v) is 7.28. The SMILES string of the molecule is Cc1cccc2nc(C[NH+]3CCN(c4cccc(Cl)c4)CC3)cc(=O)n12. The number of halogens is 1. The third-order valence-electron chi connectivity index (χ3n) is 5.01. The van der Waals surface area contributed by atoms with Crippen molar-refractivity contribution in [1.29, 1.82) is 0 Å². The van der Waals surface area contributed by atoms with Crippen molar-refractivity contribution >= 4 is 22.9 Å². The molecule has 0 radical (unpaired) electrons. The van der Waals surface area contributed by atoms with Crippen LogP contribution in [0.25, 0.3) is 5.65 Å². The molecule has 5 nitrogen and oxygen atoms in total. The van der Waals surface area contributed by atoms with Crippen molar-refractivity contribution in [2.45, 2.75) is 13.5 Å². The van der Waals surface area contributed by atoms with Crippen LogP contribution in [0.1, 0.15) is 11.4 Å². The van der Waals surface area contributed by atoms with Gasteiger partial charge >= 0.3 is 0 Å². The van der Waals surface area contributed by atoms with E-state index in [1.165, 1.54) is 10.6 Å². The first-order chi connectivity index (χ1) is 12.6. The minimum Gasteiger partial charge on any atom is -0.360 e. The van der Waals surface area contributed by atoms with E-state index in [0.717, 1.165) is 54.8 Å². The van der Waals surface area contributed by atoms with E-state index in [9.17, 15) is 4.79 Å². The Hall–Kier alpha value is -2.37. The molecule has 4 rings (SSSR count). The van der Waals surface area contributed by atoms with E-state index >= 15 is 0 Å². The maximum atomic E-state index is 12.4. The van der Waals surface area contributed by atoms with Gasteiger partial charge in [-0.2, -0.15) is 0 Å². The first-order valence-electron chi connectivity index (χ1n) is 8.92. The van der Waals surface area contributed by atoms with Crippen LogP contribution in [0.4, 0.5) is 5.69 Å². The van der Waals surface area contributed by atoms with Gasteiger partial charge in [-0.25, -0.2) is 4.98 Å². The molecule has 0 saturated carbocycles. The minimum atomic E-state index is 0.0000587. The maximum Gasteiger partial charge on any atom is 0.258 e. The van der Waals surface area contributed by atoms with E-state index in [-0.39, 0.29) is 5.56 Å². The maximum absolute atomic E-state index is 12.4.